The van der Waals surface area contributed by atoms with Gasteiger partial charge in [0.25, 0.3) is 0 Å². The summed E-state index contributed by atoms with van der Waals surface area (Å²) in [6.07, 6.45) is -0.123. The fourth-order valence-corrected chi connectivity index (χ4v) is 2.81. The number of carboxylic acids is 1. The zero-order chi connectivity index (χ0) is 14.5. The topological polar surface area (TPSA) is 107 Å². The molecular formula is C12H14N2O4S. The highest BCUT2D eigenvalue weighted by molar-refractivity contribution is 7.89. The Morgan fingerprint density at radius 1 is 1.47 bits per heavy atom. The van der Waals surface area contributed by atoms with E-state index in [2.05, 4.69) is 4.72 Å². The molecule has 0 aliphatic carbocycles. The largest absolute Gasteiger partial charge is 0.481 e. The second kappa shape index (κ2) is 6.31. The maximum Gasteiger partial charge on any atom is 0.303 e. The van der Waals surface area contributed by atoms with Crippen molar-refractivity contribution in [2.75, 3.05) is 6.54 Å². The van der Waals surface area contributed by atoms with Crippen LogP contribution in [0.4, 0.5) is 0 Å². The number of benzene rings is 1. The number of hydrogen-bond acceptors (Lipinski definition) is 4. The van der Waals surface area contributed by atoms with Crippen LogP contribution in [0.3, 0.4) is 0 Å². The highest BCUT2D eigenvalue weighted by Gasteiger charge is 2.19. The molecule has 1 unspecified atom stereocenters. The van der Waals surface area contributed by atoms with Crippen LogP contribution in [0.2, 0.25) is 0 Å². The summed E-state index contributed by atoms with van der Waals surface area (Å²) in [5.74, 6) is -1.31. The first kappa shape index (κ1) is 15.1. The van der Waals surface area contributed by atoms with Gasteiger partial charge in [0, 0.05) is 13.0 Å². The second-order valence-electron chi connectivity index (χ2n) is 4.16. The van der Waals surface area contributed by atoms with Crippen molar-refractivity contribution in [2.24, 2.45) is 5.92 Å². The number of hydrogen-bond donors (Lipinski definition) is 2. The van der Waals surface area contributed by atoms with Gasteiger partial charge in [-0.1, -0.05) is 19.1 Å². The van der Waals surface area contributed by atoms with Crippen LogP contribution in [-0.4, -0.2) is 26.0 Å². The van der Waals surface area contributed by atoms with Crippen LogP contribution in [-0.2, 0) is 14.8 Å². The van der Waals surface area contributed by atoms with E-state index in [9.17, 15) is 13.2 Å². The number of aliphatic carboxylic acids is 1. The summed E-state index contributed by atoms with van der Waals surface area (Å²) in [6, 6.07) is 7.65. The third-order valence-electron chi connectivity index (χ3n) is 2.44. The smallest absolute Gasteiger partial charge is 0.303 e. The number of carbonyl (C=O) groups is 1. The molecule has 0 aliphatic heterocycles. The average molecular weight is 282 g/mol. The number of nitriles is 1. The number of carboxylic acid groups (broad SMARTS) is 1. The van der Waals surface area contributed by atoms with Crippen molar-refractivity contribution in [1.82, 2.24) is 4.72 Å². The van der Waals surface area contributed by atoms with Gasteiger partial charge in [-0.25, -0.2) is 13.1 Å². The van der Waals surface area contributed by atoms with E-state index in [0.29, 0.717) is 0 Å². The summed E-state index contributed by atoms with van der Waals surface area (Å²) in [7, 11) is -3.80. The molecule has 0 heterocycles. The van der Waals surface area contributed by atoms with Gasteiger partial charge in [-0.2, -0.15) is 5.26 Å². The van der Waals surface area contributed by atoms with Crippen molar-refractivity contribution in [3.8, 4) is 6.07 Å². The Bertz CT molecular complexity index is 604. The first-order valence-electron chi connectivity index (χ1n) is 5.57. The first-order chi connectivity index (χ1) is 8.86. The molecule has 0 bridgehead atoms. The maximum atomic E-state index is 12.0. The molecule has 1 atom stereocenters. The molecule has 1 aromatic carbocycles. The lowest BCUT2D eigenvalue weighted by Gasteiger charge is -2.11. The Kier molecular flexibility index (Phi) is 5.03. The highest BCUT2D eigenvalue weighted by Crippen LogP contribution is 2.14. The third-order valence-corrected chi connectivity index (χ3v) is 3.92. The molecule has 6 nitrogen and oxygen atoms in total. The fourth-order valence-electron chi connectivity index (χ4n) is 1.49. The normalized spacial score (nSPS) is 12.6. The molecule has 0 radical (unpaired) electrons. The molecule has 0 spiro atoms. The highest BCUT2D eigenvalue weighted by atomic mass is 32.2. The molecule has 19 heavy (non-hydrogen) atoms. The van der Waals surface area contributed by atoms with Crippen LogP contribution < -0.4 is 4.72 Å². The van der Waals surface area contributed by atoms with E-state index in [4.69, 9.17) is 10.4 Å². The summed E-state index contributed by atoms with van der Waals surface area (Å²) < 4.78 is 26.3. The molecule has 0 amide bonds. The minimum Gasteiger partial charge on any atom is -0.481 e. The van der Waals surface area contributed by atoms with Gasteiger partial charge in [0.05, 0.1) is 10.5 Å². The maximum absolute atomic E-state index is 12.0. The van der Waals surface area contributed by atoms with Crippen LogP contribution in [0.1, 0.15) is 18.9 Å². The molecule has 2 N–H and O–H groups in total. The summed E-state index contributed by atoms with van der Waals surface area (Å²) in [5.41, 5.74) is 0.0564. The van der Waals surface area contributed by atoms with Gasteiger partial charge in [-0.15, -0.1) is 0 Å². The number of nitrogens with one attached hydrogen (secondary N) is 1. The molecule has 0 saturated carbocycles. The predicted molar refractivity (Wildman–Crippen MR) is 67.8 cm³/mol. The van der Waals surface area contributed by atoms with Gasteiger partial charge < -0.3 is 5.11 Å². The van der Waals surface area contributed by atoms with Crippen LogP contribution in [0.15, 0.2) is 29.2 Å². The Labute approximate surface area is 111 Å². The van der Waals surface area contributed by atoms with E-state index >= 15 is 0 Å². The van der Waals surface area contributed by atoms with Crippen molar-refractivity contribution in [3.05, 3.63) is 29.8 Å². The van der Waals surface area contributed by atoms with E-state index < -0.39 is 16.0 Å². The monoisotopic (exact) mass is 282 g/mol. The van der Waals surface area contributed by atoms with Crippen LogP contribution in [0, 0.1) is 17.2 Å². The Hall–Kier alpha value is -1.91. The number of rotatable bonds is 6. The van der Waals surface area contributed by atoms with Crippen LogP contribution in [0.25, 0.3) is 0 Å². The SMILES string of the molecule is CC(CNS(=O)(=O)c1ccccc1C#N)CC(=O)O. The van der Waals surface area contributed by atoms with E-state index in [1.54, 1.807) is 13.0 Å². The van der Waals surface area contributed by atoms with Crippen LogP contribution >= 0.6 is 0 Å². The van der Waals surface area contributed by atoms with Crippen molar-refractivity contribution in [2.45, 2.75) is 18.2 Å². The summed E-state index contributed by atoms with van der Waals surface area (Å²) in [6.45, 7) is 1.64. The van der Waals surface area contributed by atoms with Gasteiger partial charge in [0.2, 0.25) is 10.0 Å². The molecule has 1 rings (SSSR count). The number of nitrogens with zero attached hydrogens (tertiary/aromatic N) is 1. The second-order valence-corrected chi connectivity index (χ2v) is 5.90. The molecule has 0 aromatic heterocycles. The molecule has 0 fully saturated rings. The van der Waals surface area contributed by atoms with Gasteiger partial charge in [-0.05, 0) is 18.1 Å². The Balaban J connectivity index is 2.82. The third kappa shape index (κ3) is 4.35. The van der Waals surface area contributed by atoms with Crippen LogP contribution in [0.5, 0.6) is 0 Å². The fraction of sp³-hybridized carbons (Fsp3) is 0.333. The van der Waals surface area contributed by atoms with Gasteiger partial charge in [0.15, 0.2) is 0 Å². The molecule has 1 aromatic rings. The van der Waals surface area contributed by atoms with Crippen molar-refractivity contribution in [1.29, 1.82) is 5.26 Å². The summed E-state index contributed by atoms with van der Waals surface area (Å²) in [5, 5.41) is 17.5. The minimum atomic E-state index is -3.80. The number of sulfonamides is 1. The van der Waals surface area contributed by atoms with E-state index in [0.717, 1.165) is 0 Å². The van der Waals surface area contributed by atoms with Crippen molar-refractivity contribution >= 4 is 16.0 Å². The van der Waals surface area contributed by atoms with E-state index in [1.807, 2.05) is 6.07 Å². The molecular weight excluding hydrogens is 268 g/mol. The lowest BCUT2D eigenvalue weighted by Crippen LogP contribution is -2.29. The minimum absolute atomic E-state index is 0.00833. The van der Waals surface area contributed by atoms with Crippen molar-refractivity contribution in [3.63, 3.8) is 0 Å². The lowest BCUT2D eigenvalue weighted by atomic mass is 10.1. The quantitative estimate of drug-likeness (QED) is 0.807. The van der Waals surface area contributed by atoms with Crippen molar-refractivity contribution < 1.29 is 18.3 Å². The molecule has 0 aliphatic rings. The average Bonchev–Trinajstić information content (AvgIpc) is 2.36. The standard InChI is InChI=1S/C12H14N2O4S/c1-9(6-12(15)16)8-14-19(17,18)11-5-3-2-4-10(11)7-13/h2-5,9,14H,6,8H2,1H3,(H,15,16). The Morgan fingerprint density at radius 3 is 2.68 bits per heavy atom. The zero-order valence-electron chi connectivity index (χ0n) is 10.3. The van der Waals surface area contributed by atoms with Gasteiger partial charge in [0.1, 0.15) is 6.07 Å². The lowest BCUT2D eigenvalue weighted by molar-refractivity contribution is -0.137. The van der Waals surface area contributed by atoms with E-state index in [-0.39, 0.29) is 29.3 Å². The zero-order valence-corrected chi connectivity index (χ0v) is 11.1. The Morgan fingerprint density at radius 2 is 2.11 bits per heavy atom. The van der Waals surface area contributed by atoms with Gasteiger partial charge in [-0.3, -0.25) is 4.79 Å². The summed E-state index contributed by atoms with van der Waals surface area (Å²) in [4.78, 5) is 10.4. The van der Waals surface area contributed by atoms with E-state index in [1.165, 1.54) is 18.2 Å². The first-order valence-corrected chi connectivity index (χ1v) is 7.05. The molecule has 102 valence electrons. The molecule has 0 saturated heterocycles. The predicted octanol–water partition coefficient (Wildman–Crippen LogP) is 0.947. The summed E-state index contributed by atoms with van der Waals surface area (Å²) >= 11 is 0. The van der Waals surface area contributed by atoms with Gasteiger partial charge >= 0.3 is 5.97 Å². The molecule has 7 heteroatoms.